The maximum Gasteiger partial charge on any atom is 0.317 e. The lowest BCUT2D eigenvalue weighted by Gasteiger charge is -2.23. The monoisotopic (exact) mass is 341 g/mol. The Balaban J connectivity index is 1.40. The molecule has 134 valence electrons. The third-order valence-electron chi connectivity index (χ3n) is 6.11. The van der Waals surface area contributed by atoms with E-state index in [1.165, 1.54) is 19.3 Å². The van der Waals surface area contributed by atoms with Gasteiger partial charge in [-0.1, -0.05) is 18.6 Å². The van der Waals surface area contributed by atoms with Gasteiger partial charge in [0.15, 0.2) is 0 Å². The van der Waals surface area contributed by atoms with Gasteiger partial charge in [0.2, 0.25) is 5.91 Å². The van der Waals surface area contributed by atoms with Crippen LogP contribution in [0.25, 0.3) is 0 Å². The predicted octanol–water partition coefficient (Wildman–Crippen LogP) is 3.32. The fourth-order valence-corrected chi connectivity index (χ4v) is 4.64. The van der Waals surface area contributed by atoms with E-state index >= 15 is 0 Å². The van der Waals surface area contributed by atoms with Gasteiger partial charge in [-0.3, -0.25) is 4.79 Å². The maximum absolute atomic E-state index is 12.6. The minimum atomic E-state index is -0.0643. The summed E-state index contributed by atoms with van der Waals surface area (Å²) in [5.41, 5.74) is 1.99. The Labute approximate surface area is 149 Å². The second kappa shape index (κ2) is 6.70. The minimum absolute atomic E-state index is 0.0459. The van der Waals surface area contributed by atoms with E-state index in [2.05, 4.69) is 5.32 Å². The quantitative estimate of drug-likeness (QED) is 0.917. The van der Waals surface area contributed by atoms with Gasteiger partial charge in [-0.15, -0.1) is 0 Å². The molecule has 1 N–H and O–H groups in total. The first-order valence-corrected chi connectivity index (χ1v) is 9.57. The number of carbonyl (C=O) groups excluding carboxylic acids is 2. The van der Waals surface area contributed by atoms with Crippen molar-refractivity contribution in [3.05, 3.63) is 29.8 Å². The standard InChI is InChI=1S/C20H27N3O2/c1-14(21-20(25)22-12-16-6-2-7-17(16)13-22)15-5-3-8-18(11-15)23-10-4-9-19(23)24/h3,5,8,11,14,16-17H,2,4,6-7,9-10,12-13H2,1H3,(H,21,25)/t14-,16-,17+/m0/s1. The summed E-state index contributed by atoms with van der Waals surface area (Å²) in [7, 11) is 0. The van der Waals surface area contributed by atoms with Crippen molar-refractivity contribution in [2.45, 2.75) is 45.1 Å². The van der Waals surface area contributed by atoms with Crippen LogP contribution < -0.4 is 10.2 Å². The highest BCUT2D eigenvalue weighted by Crippen LogP contribution is 2.37. The smallest absolute Gasteiger partial charge is 0.317 e. The van der Waals surface area contributed by atoms with Crippen LogP contribution in [-0.4, -0.2) is 36.5 Å². The van der Waals surface area contributed by atoms with Gasteiger partial charge in [-0.05, 0) is 55.7 Å². The fourth-order valence-electron chi connectivity index (χ4n) is 4.64. The summed E-state index contributed by atoms with van der Waals surface area (Å²) < 4.78 is 0. The van der Waals surface area contributed by atoms with Crippen molar-refractivity contribution in [3.63, 3.8) is 0 Å². The average molecular weight is 341 g/mol. The SMILES string of the molecule is C[C@H](NC(=O)N1C[C@H]2CCC[C@H]2C1)c1cccc(N2CCCC2=O)c1. The Bertz CT molecular complexity index is 663. The fraction of sp³-hybridized carbons (Fsp3) is 0.600. The van der Waals surface area contributed by atoms with Crippen molar-refractivity contribution in [1.82, 2.24) is 10.2 Å². The molecule has 1 aromatic carbocycles. The number of hydrogen-bond donors (Lipinski definition) is 1. The Morgan fingerprint density at radius 3 is 2.64 bits per heavy atom. The number of benzene rings is 1. The molecule has 3 atom stereocenters. The molecule has 2 heterocycles. The molecular weight excluding hydrogens is 314 g/mol. The summed E-state index contributed by atoms with van der Waals surface area (Å²) in [6.07, 6.45) is 5.43. The number of likely N-dealkylation sites (tertiary alicyclic amines) is 1. The Hall–Kier alpha value is -2.04. The molecule has 1 aliphatic carbocycles. The predicted molar refractivity (Wildman–Crippen MR) is 97.4 cm³/mol. The number of anilines is 1. The average Bonchev–Trinajstić information content (AvgIpc) is 3.30. The van der Waals surface area contributed by atoms with Crippen LogP contribution in [0.4, 0.5) is 10.5 Å². The highest BCUT2D eigenvalue weighted by Gasteiger charge is 2.38. The van der Waals surface area contributed by atoms with E-state index < -0.39 is 0 Å². The lowest BCUT2D eigenvalue weighted by molar-refractivity contribution is -0.117. The van der Waals surface area contributed by atoms with Gasteiger partial charge >= 0.3 is 6.03 Å². The number of hydrogen-bond acceptors (Lipinski definition) is 2. The Morgan fingerprint density at radius 2 is 1.96 bits per heavy atom. The first-order valence-electron chi connectivity index (χ1n) is 9.57. The molecule has 2 aliphatic heterocycles. The molecule has 5 heteroatoms. The molecular formula is C20H27N3O2. The van der Waals surface area contributed by atoms with Gasteiger partial charge in [0.05, 0.1) is 6.04 Å². The molecule has 3 fully saturated rings. The lowest BCUT2D eigenvalue weighted by Crippen LogP contribution is -2.40. The molecule has 4 rings (SSSR count). The van der Waals surface area contributed by atoms with Crippen LogP contribution in [0.3, 0.4) is 0 Å². The normalized spacial score (nSPS) is 26.8. The van der Waals surface area contributed by atoms with Gasteiger partial charge < -0.3 is 15.1 Å². The second-order valence-electron chi connectivity index (χ2n) is 7.77. The van der Waals surface area contributed by atoms with Crippen LogP contribution in [0.5, 0.6) is 0 Å². The van der Waals surface area contributed by atoms with E-state index in [9.17, 15) is 9.59 Å². The van der Waals surface area contributed by atoms with Gasteiger partial charge in [-0.2, -0.15) is 0 Å². The van der Waals surface area contributed by atoms with E-state index in [1.807, 2.05) is 41.0 Å². The van der Waals surface area contributed by atoms with E-state index in [4.69, 9.17) is 0 Å². The van der Waals surface area contributed by atoms with Crippen molar-refractivity contribution >= 4 is 17.6 Å². The zero-order chi connectivity index (χ0) is 17.4. The largest absolute Gasteiger partial charge is 0.331 e. The molecule has 2 saturated heterocycles. The van der Waals surface area contributed by atoms with Crippen LogP contribution in [0, 0.1) is 11.8 Å². The second-order valence-corrected chi connectivity index (χ2v) is 7.77. The molecule has 3 amide bonds. The maximum atomic E-state index is 12.6. The summed E-state index contributed by atoms with van der Waals surface area (Å²) in [5.74, 6) is 1.62. The molecule has 25 heavy (non-hydrogen) atoms. The van der Waals surface area contributed by atoms with Crippen molar-refractivity contribution < 1.29 is 9.59 Å². The number of nitrogens with one attached hydrogen (secondary N) is 1. The number of urea groups is 1. The van der Waals surface area contributed by atoms with Crippen molar-refractivity contribution in [2.75, 3.05) is 24.5 Å². The lowest BCUT2D eigenvalue weighted by atomic mass is 10.0. The number of rotatable bonds is 3. The highest BCUT2D eigenvalue weighted by molar-refractivity contribution is 5.95. The van der Waals surface area contributed by atoms with E-state index in [0.29, 0.717) is 18.3 Å². The first kappa shape index (κ1) is 16.4. The number of amides is 3. The van der Waals surface area contributed by atoms with Crippen LogP contribution in [0.2, 0.25) is 0 Å². The van der Waals surface area contributed by atoms with Gasteiger partial charge in [0.25, 0.3) is 0 Å². The molecule has 0 spiro atoms. The molecule has 1 aromatic rings. The van der Waals surface area contributed by atoms with Crippen LogP contribution in [-0.2, 0) is 4.79 Å². The van der Waals surface area contributed by atoms with Gasteiger partial charge in [0.1, 0.15) is 0 Å². The molecule has 1 saturated carbocycles. The Kier molecular flexibility index (Phi) is 4.40. The summed E-state index contributed by atoms with van der Waals surface area (Å²) in [6.45, 7) is 4.62. The van der Waals surface area contributed by atoms with Gasteiger partial charge in [0, 0.05) is 31.7 Å². The molecule has 3 aliphatic rings. The number of nitrogens with zero attached hydrogens (tertiary/aromatic N) is 2. The molecule has 0 aromatic heterocycles. The first-order chi connectivity index (χ1) is 12.1. The van der Waals surface area contributed by atoms with E-state index in [0.717, 1.165) is 37.3 Å². The molecule has 0 unspecified atom stereocenters. The van der Waals surface area contributed by atoms with Crippen LogP contribution >= 0.6 is 0 Å². The van der Waals surface area contributed by atoms with Crippen molar-refractivity contribution in [3.8, 4) is 0 Å². The molecule has 0 radical (unpaired) electrons. The highest BCUT2D eigenvalue weighted by atomic mass is 16.2. The summed E-state index contributed by atoms with van der Waals surface area (Å²) in [4.78, 5) is 28.4. The zero-order valence-electron chi connectivity index (χ0n) is 14.9. The van der Waals surface area contributed by atoms with E-state index in [-0.39, 0.29) is 18.0 Å². The summed E-state index contributed by atoms with van der Waals surface area (Å²) in [5, 5.41) is 3.14. The summed E-state index contributed by atoms with van der Waals surface area (Å²) in [6, 6.07) is 7.98. The third-order valence-corrected chi connectivity index (χ3v) is 6.11. The molecule has 5 nitrogen and oxygen atoms in total. The van der Waals surface area contributed by atoms with Crippen LogP contribution in [0.1, 0.15) is 50.6 Å². The van der Waals surface area contributed by atoms with Crippen molar-refractivity contribution in [1.29, 1.82) is 0 Å². The van der Waals surface area contributed by atoms with Crippen molar-refractivity contribution in [2.24, 2.45) is 11.8 Å². The number of carbonyl (C=O) groups is 2. The zero-order valence-corrected chi connectivity index (χ0v) is 14.9. The molecule has 0 bridgehead atoms. The van der Waals surface area contributed by atoms with Crippen LogP contribution in [0.15, 0.2) is 24.3 Å². The number of fused-ring (bicyclic) bond motifs is 1. The van der Waals surface area contributed by atoms with E-state index in [1.54, 1.807) is 0 Å². The summed E-state index contributed by atoms with van der Waals surface area (Å²) >= 11 is 0. The topological polar surface area (TPSA) is 52.7 Å². The van der Waals surface area contributed by atoms with Gasteiger partial charge in [-0.25, -0.2) is 4.79 Å². The Morgan fingerprint density at radius 1 is 1.20 bits per heavy atom. The minimum Gasteiger partial charge on any atom is -0.331 e. The third kappa shape index (κ3) is 3.24.